The number of rotatable bonds is 4. The Morgan fingerprint density at radius 1 is 1.12 bits per heavy atom. The third kappa shape index (κ3) is 3.96. The maximum atomic E-state index is 5.45. The van der Waals surface area contributed by atoms with Gasteiger partial charge in [-0.2, -0.15) is 4.98 Å². The quantitative estimate of drug-likeness (QED) is 0.823. The summed E-state index contributed by atoms with van der Waals surface area (Å²) in [7, 11) is 0. The van der Waals surface area contributed by atoms with Crippen LogP contribution in [0.1, 0.15) is 36.2 Å². The molecule has 0 aliphatic carbocycles. The van der Waals surface area contributed by atoms with Crippen molar-refractivity contribution in [2.75, 3.05) is 44.3 Å². The smallest absolute Gasteiger partial charge is 0.240 e. The van der Waals surface area contributed by atoms with Crippen molar-refractivity contribution in [1.82, 2.24) is 25.0 Å². The lowest BCUT2D eigenvalue weighted by molar-refractivity contribution is 0.0845. The predicted octanol–water partition coefficient (Wildman–Crippen LogP) is 1.38. The van der Waals surface area contributed by atoms with Crippen LogP contribution in [-0.2, 0) is 11.3 Å². The maximum absolute atomic E-state index is 5.45. The summed E-state index contributed by atoms with van der Waals surface area (Å²) >= 11 is 0. The molecule has 2 aliphatic heterocycles. The van der Waals surface area contributed by atoms with Gasteiger partial charge in [-0.25, -0.2) is 9.97 Å². The first-order chi connectivity index (χ1) is 12.3. The molecule has 0 radical (unpaired) electrons. The first-order valence-corrected chi connectivity index (χ1v) is 8.94. The van der Waals surface area contributed by atoms with Gasteiger partial charge in [0.1, 0.15) is 12.1 Å². The maximum Gasteiger partial charge on any atom is 0.240 e. The Hall–Kier alpha value is -2.06. The van der Waals surface area contributed by atoms with Gasteiger partial charge in [0.15, 0.2) is 5.82 Å². The molecule has 2 aromatic rings. The molecule has 2 saturated heterocycles. The lowest BCUT2D eigenvalue weighted by Crippen LogP contribution is -2.46. The van der Waals surface area contributed by atoms with E-state index in [0.29, 0.717) is 24.2 Å². The molecule has 25 heavy (non-hydrogen) atoms. The minimum absolute atomic E-state index is 0.498. The van der Waals surface area contributed by atoms with Crippen molar-refractivity contribution in [1.29, 1.82) is 0 Å². The van der Waals surface area contributed by atoms with Crippen LogP contribution in [-0.4, -0.2) is 64.4 Å². The topological polar surface area (TPSA) is 80.4 Å². The van der Waals surface area contributed by atoms with Gasteiger partial charge < -0.3 is 14.2 Å². The molecular weight excluding hydrogens is 320 g/mol. The van der Waals surface area contributed by atoms with Gasteiger partial charge in [0.05, 0.1) is 6.54 Å². The number of hydrogen-bond donors (Lipinski definition) is 0. The number of piperazine rings is 1. The van der Waals surface area contributed by atoms with Gasteiger partial charge in [0, 0.05) is 57.1 Å². The molecule has 2 fully saturated rings. The molecule has 0 atom stereocenters. The van der Waals surface area contributed by atoms with E-state index in [2.05, 4.69) is 36.0 Å². The van der Waals surface area contributed by atoms with E-state index in [-0.39, 0.29) is 0 Å². The number of nitrogens with zero attached hydrogens (tertiary/aromatic N) is 6. The molecule has 134 valence electrons. The number of anilines is 1. The zero-order valence-electron chi connectivity index (χ0n) is 14.6. The summed E-state index contributed by atoms with van der Waals surface area (Å²) in [6, 6.07) is 2.16. The molecule has 8 nitrogen and oxygen atoms in total. The first kappa shape index (κ1) is 16.4. The molecular formula is C17H24N6O2. The summed E-state index contributed by atoms with van der Waals surface area (Å²) in [5.74, 6) is 2.91. The fraction of sp³-hybridized carbons (Fsp3) is 0.647. The van der Waals surface area contributed by atoms with E-state index >= 15 is 0 Å². The van der Waals surface area contributed by atoms with Crippen LogP contribution in [0, 0.1) is 6.92 Å². The van der Waals surface area contributed by atoms with Gasteiger partial charge in [0.2, 0.25) is 5.89 Å². The van der Waals surface area contributed by atoms with Gasteiger partial charge in [-0.05, 0) is 19.8 Å². The van der Waals surface area contributed by atoms with E-state index in [1.54, 1.807) is 6.33 Å². The minimum atomic E-state index is 0.498. The second-order valence-corrected chi connectivity index (χ2v) is 6.69. The molecule has 2 aliphatic rings. The van der Waals surface area contributed by atoms with Crippen LogP contribution in [0.2, 0.25) is 0 Å². The van der Waals surface area contributed by atoms with Gasteiger partial charge in [-0.1, -0.05) is 5.16 Å². The summed E-state index contributed by atoms with van der Waals surface area (Å²) in [6.45, 7) is 8.02. The Morgan fingerprint density at radius 2 is 1.92 bits per heavy atom. The molecule has 0 unspecified atom stereocenters. The zero-order valence-corrected chi connectivity index (χ0v) is 14.6. The van der Waals surface area contributed by atoms with Crippen LogP contribution >= 0.6 is 0 Å². The SMILES string of the molecule is Cc1noc(CN2CCN(c3cc(C4CCOCC4)ncn3)CC2)n1. The summed E-state index contributed by atoms with van der Waals surface area (Å²) in [6.07, 6.45) is 3.80. The average molecular weight is 344 g/mol. The summed E-state index contributed by atoms with van der Waals surface area (Å²) < 4.78 is 10.7. The summed E-state index contributed by atoms with van der Waals surface area (Å²) in [5.41, 5.74) is 1.15. The third-order valence-corrected chi connectivity index (χ3v) is 4.94. The lowest BCUT2D eigenvalue weighted by atomic mass is 9.96. The summed E-state index contributed by atoms with van der Waals surface area (Å²) in [5, 5.41) is 3.85. The molecule has 0 bridgehead atoms. The molecule has 0 N–H and O–H groups in total. The van der Waals surface area contributed by atoms with Gasteiger partial charge in [-0.15, -0.1) is 0 Å². The van der Waals surface area contributed by atoms with Crippen LogP contribution in [0.3, 0.4) is 0 Å². The monoisotopic (exact) mass is 344 g/mol. The number of hydrogen-bond acceptors (Lipinski definition) is 8. The molecule has 8 heteroatoms. The number of aryl methyl sites for hydroxylation is 1. The van der Waals surface area contributed by atoms with Crippen LogP contribution in [0.5, 0.6) is 0 Å². The second-order valence-electron chi connectivity index (χ2n) is 6.69. The van der Waals surface area contributed by atoms with Crippen molar-refractivity contribution < 1.29 is 9.26 Å². The first-order valence-electron chi connectivity index (χ1n) is 8.94. The largest absolute Gasteiger partial charge is 0.381 e. The van der Waals surface area contributed by atoms with E-state index < -0.39 is 0 Å². The molecule has 0 spiro atoms. The highest BCUT2D eigenvalue weighted by Gasteiger charge is 2.22. The highest BCUT2D eigenvalue weighted by molar-refractivity contribution is 5.40. The van der Waals surface area contributed by atoms with E-state index in [0.717, 1.165) is 63.7 Å². The molecule has 0 amide bonds. The Balaban J connectivity index is 1.35. The van der Waals surface area contributed by atoms with Crippen molar-refractivity contribution in [3.63, 3.8) is 0 Å². The van der Waals surface area contributed by atoms with E-state index in [9.17, 15) is 0 Å². The molecule has 0 aromatic carbocycles. The van der Waals surface area contributed by atoms with Crippen LogP contribution in [0.15, 0.2) is 16.9 Å². The van der Waals surface area contributed by atoms with Crippen LogP contribution in [0.4, 0.5) is 5.82 Å². The van der Waals surface area contributed by atoms with Gasteiger partial charge >= 0.3 is 0 Å². The highest BCUT2D eigenvalue weighted by Crippen LogP contribution is 2.27. The minimum Gasteiger partial charge on any atom is -0.381 e. The van der Waals surface area contributed by atoms with Crippen molar-refractivity contribution in [3.8, 4) is 0 Å². The summed E-state index contributed by atoms with van der Waals surface area (Å²) in [4.78, 5) is 17.9. The van der Waals surface area contributed by atoms with Crippen molar-refractivity contribution >= 4 is 5.82 Å². The normalized spacial score (nSPS) is 20.1. The second kappa shape index (κ2) is 7.45. The van der Waals surface area contributed by atoms with Gasteiger partial charge in [0.25, 0.3) is 0 Å². The average Bonchev–Trinajstić information content (AvgIpc) is 3.08. The molecule has 4 heterocycles. The zero-order chi connectivity index (χ0) is 17.1. The number of aromatic nitrogens is 4. The van der Waals surface area contributed by atoms with E-state index in [1.165, 1.54) is 0 Å². The number of ether oxygens (including phenoxy) is 1. The highest BCUT2D eigenvalue weighted by atomic mass is 16.5. The van der Waals surface area contributed by atoms with E-state index in [1.807, 2.05) is 6.92 Å². The molecule has 0 saturated carbocycles. The van der Waals surface area contributed by atoms with Crippen molar-refractivity contribution in [3.05, 3.63) is 29.8 Å². The van der Waals surface area contributed by atoms with Crippen molar-refractivity contribution in [2.24, 2.45) is 0 Å². The Kier molecular flexibility index (Phi) is 4.89. The Morgan fingerprint density at radius 3 is 2.64 bits per heavy atom. The Labute approximate surface area is 147 Å². The Bertz CT molecular complexity index is 692. The van der Waals surface area contributed by atoms with Gasteiger partial charge in [-0.3, -0.25) is 4.90 Å². The lowest BCUT2D eigenvalue weighted by Gasteiger charge is -2.35. The van der Waals surface area contributed by atoms with E-state index in [4.69, 9.17) is 9.26 Å². The molecule has 4 rings (SSSR count). The standard InChI is InChI=1S/C17H24N6O2/c1-13-20-17(25-21-13)11-22-4-6-23(7-5-22)16-10-15(18-12-19-16)14-2-8-24-9-3-14/h10,12,14H,2-9,11H2,1H3. The van der Waals surface area contributed by atoms with Crippen molar-refractivity contribution in [2.45, 2.75) is 32.2 Å². The van der Waals surface area contributed by atoms with Crippen LogP contribution < -0.4 is 4.90 Å². The predicted molar refractivity (Wildman–Crippen MR) is 91.4 cm³/mol. The third-order valence-electron chi connectivity index (χ3n) is 4.94. The van der Waals surface area contributed by atoms with Crippen LogP contribution in [0.25, 0.3) is 0 Å². The fourth-order valence-electron chi connectivity index (χ4n) is 3.48. The molecule has 2 aromatic heterocycles. The fourth-order valence-corrected chi connectivity index (χ4v) is 3.48.